The number of phenolic OH excluding ortho intramolecular Hbond substituents is 1. The fraction of sp³-hybridized carbons (Fsp3) is 0. The van der Waals surface area contributed by atoms with E-state index < -0.39 is 21.9 Å². The van der Waals surface area contributed by atoms with Gasteiger partial charge in [0.25, 0.3) is 5.56 Å². The molecule has 0 atom stereocenters. The van der Waals surface area contributed by atoms with Crippen LogP contribution < -0.4 is 11.0 Å². The Morgan fingerprint density at radius 3 is 3.00 bits per heavy atom. The van der Waals surface area contributed by atoms with Crippen LogP contribution in [0, 0.1) is 10.1 Å². The number of hydrazone groups is 1. The molecule has 1 aromatic heterocycles. The molecule has 0 fully saturated rings. The average molecular weight is 310 g/mol. The van der Waals surface area contributed by atoms with Gasteiger partial charge in [0, 0.05) is 11.6 Å². The summed E-state index contributed by atoms with van der Waals surface area (Å²) in [6.07, 6.45) is 2.53. The second-order valence-electron chi connectivity index (χ2n) is 3.80. The molecule has 0 spiro atoms. The molecule has 0 radical (unpaired) electrons. The normalized spacial score (nSPS) is 10.7. The molecule has 0 bridgehead atoms. The molecule has 0 saturated heterocycles. The van der Waals surface area contributed by atoms with Crippen LogP contribution in [0.1, 0.15) is 5.56 Å². The third-order valence-electron chi connectivity index (χ3n) is 2.39. The van der Waals surface area contributed by atoms with Crippen LogP contribution in [-0.4, -0.2) is 26.4 Å². The van der Waals surface area contributed by atoms with Crippen molar-refractivity contribution in [3.05, 3.63) is 55.5 Å². The van der Waals surface area contributed by atoms with Crippen molar-refractivity contribution < 1.29 is 10.0 Å². The van der Waals surface area contributed by atoms with E-state index in [1.807, 2.05) is 0 Å². The van der Waals surface area contributed by atoms with Crippen molar-refractivity contribution in [1.82, 2.24) is 10.2 Å². The molecule has 0 aliphatic carbocycles. The first-order valence-corrected chi connectivity index (χ1v) is 5.86. The van der Waals surface area contributed by atoms with Gasteiger partial charge in [-0.2, -0.15) is 10.2 Å². The lowest BCUT2D eigenvalue weighted by Gasteiger charge is -2.01. The Labute approximate surface area is 122 Å². The number of benzene rings is 1. The number of rotatable bonds is 4. The van der Waals surface area contributed by atoms with E-state index in [0.717, 1.165) is 6.07 Å². The molecule has 3 N–H and O–H groups in total. The molecule has 2 aromatic rings. The molecule has 1 aromatic carbocycles. The quantitative estimate of drug-likeness (QED) is 0.445. The summed E-state index contributed by atoms with van der Waals surface area (Å²) in [6, 6.07) is 3.77. The van der Waals surface area contributed by atoms with Crippen molar-refractivity contribution in [1.29, 1.82) is 0 Å². The largest absolute Gasteiger partial charge is 0.502 e. The SMILES string of the molecule is O=c1[nH]ncc(N/N=C/c2ccc(O)c([N+](=O)[O-])c2)c1Cl. The standard InChI is InChI=1S/C11H8ClN5O4/c12-10-7(5-14-16-11(10)19)15-13-4-6-1-2-9(18)8(3-6)17(20)21/h1-5,18H,(H2,15,16,19)/b13-4+. The second-order valence-corrected chi connectivity index (χ2v) is 4.18. The van der Waals surface area contributed by atoms with E-state index in [1.165, 1.54) is 24.5 Å². The topological polar surface area (TPSA) is 134 Å². The monoisotopic (exact) mass is 309 g/mol. The van der Waals surface area contributed by atoms with Crippen LogP contribution in [0.3, 0.4) is 0 Å². The fourth-order valence-electron chi connectivity index (χ4n) is 1.40. The Bertz CT molecular complexity index is 773. The molecule has 10 heteroatoms. The number of nitrogens with one attached hydrogen (secondary N) is 2. The van der Waals surface area contributed by atoms with Gasteiger partial charge >= 0.3 is 5.69 Å². The van der Waals surface area contributed by atoms with Gasteiger partial charge in [0.15, 0.2) is 5.75 Å². The number of phenols is 1. The maximum absolute atomic E-state index is 11.2. The lowest BCUT2D eigenvalue weighted by molar-refractivity contribution is -0.385. The Kier molecular flexibility index (Phi) is 4.14. The smallest absolute Gasteiger partial charge is 0.311 e. The molecule has 9 nitrogen and oxygen atoms in total. The molecule has 0 saturated carbocycles. The lowest BCUT2D eigenvalue weighted by Crippen LogP contribution is -2.10. The Morgan fingerprint density at radius 2 is 2.29 bits per heavy atom. The highest BCUT2D eigenvalue weighted by Gasteiger charge is 2.12. The molecule has 0 aliphatic rings. The highest BCUT2D eigenvalue weighted by molar-refractivity contribution is 6.32. The Balaban J connectivity index is 2.19. The highest BCUT2D eigenvalue weighted by Crippen LogP contribution is 2.25. The number of nitro benzene ring substituents is 1. The van der Waals surface area contributed by atoms with Gasteiger partial charge in [-0.1, -0.05) is 11.6 Å². The summed E-state index contributed by atoms with van der Waals surface area (Å²) in [5.41, 5.74) is 2.04. The number of H-pyrrole nitrogens is 1. The minimum atomic E-state index is -0.711. The number of aromatic nitrogens is 2. The summed E-state index contributed by atoms with van der Waals surface area (Å²) < 4.78 is 0. The molecule has 2 rings (SSSR count). The van der Waals surface area contributed by atoms with Crippen LogP contribution >= 0.6 is 11.6 Å². The fourth-order valence-corrected chi connectivity index (χ4v) is 1.54. The van der Waals surface area contributed by atoms with Crippen LogP contribution in [0.2, 0.25) is 5.02 Å². The number of anilines is 1. The van der Waals surface area contributed by atoms with E-state index in [0.29, 0.717) is 5.56 Å². The predicted molar refractivity (Wildman–Crippen MR) is 75.8 cm³/mol. The van der Waals surface area contributed by atoms with Gasteiger partial charge in [-0.15, -0.1) is 0 Å². The van der Waals surface area contributed by atoms with Gasteiger partial charge in [-0.25, -0.2) is 5.10 Å². The van der Waals surface area contributed by atoms with E-state index in [1.54, 1.807) is 0 Å². The van der Waals surface area contributed by atoms with Gasteiger partial charge in [-0.05, 0) is 12.1 Å². The number of hydrogen-bond donors (Lipinski definition) is 3. The van der Waals surface area contributed by atoms with E-state index in [2.05, 4.69) is 20.7 Å². The molecule has 108 valence electrons. The number of nitro groups is 1. The van der Waals surface area contributed by atoms with E-state index in [-0.39, 0.29) is 10.7 Å². The summed E-state index contributed by atoms with van der Waals surface area (Å²) in [5, 5.41) is 29.3. The second kappa shape index (κ2) is 6.01. The van der Waals surface area contributed by atoms with E-state index >= 15 is 0 Å². The molecule has 0 unspecified atom stereocenters. The molecular weight excluding hydrogens is 302 g/mol. The van der Waals surface area contributed by atoms with Gasteiger partial charge in [-0.3, -0.25) is 20.3 Å². The minimum absolute atomic E-state index is 0.112. The first kappa shape index (κ1) is 14.5. The van der Waals surface area contributed by atoms with Crippen LogP contribution in [0.25, 0.3) is 0 Å². The number of aromatic hydroxyl groups is 1. The number of halogens is 1. The first-order chi connectivity index (χ1) is 9.99. The average Bonchev–Trinajstić information content (AvgIpc) is 2.45. The third kappa shape index (κ3) is 3.34. The zero-order valence-electron chi connectivity index (χ0n) is 10.3. The maximum atomic E-state index is 11.2. The summed E-state index contributed by atoms with van der Waals surface area (Å²) in [5.74, 6) is -0.438. The van der Waals surface area contributed by atoms with Crippen molar-refractivity contribution in [2.24, 2.45) is 5.10 Å². The van der Waals surface area contributed by atoms with Crippen molar-refractivity contribution in [3.8, 4) is 5.75 Å². The molecule has 0 aliphatic heterocycles. The minimum Gasteiger partial charge on any atom is -0.502 e. The number of hydrogen-bond acceptors (Lipinski definition) is 7. The van der Waals surface area contributed by atoms with Crippen LogP contribution in [0.15, 0.2) is 34.3 Å². The van der Waals surface area contributed by atoms with Crippen molar-refractivity contribution in [3.63, 3.8) is 0 Å². The summed E-state index contributed by atoms with van der Waals surface area (Å²) in [6.45, 7) is 0. The van der Waals surface area contributed by atoms with Crippen LogP contribution in [0.4, 0.5) is 11.4 Å². The van der Waals surface area contributed by atoms with Crippen molar-refractivity contribution in [2.45, 2.75) is 0 Å². The van der Waals surface area contributed by atoms with Gasteiger partial charge in [0.05, 0.1) is 17.3 Å². The zero-order chi connectivity index (χ0) is 15.4. The predicted octanol–water partition coefficient (Wildman–Crippen LogP) is 1.48. The summed E-state index contributed by atoms with van der Waals surface area (Å²) in [4.78, 5) is 21.1. The van der Waals surface area contributed by atoms with E-state index in [4.69, 9.17) is 11.6 Å². The van der Waals surface area contributed by atoms with Crippen LogP contribution in [-0.2, 0) is 0 Å². The van der Waals surface area contributed by atoms with Gasteiger partial charge in [0.1, 0.15) is 10.7 Å². The maximum Gasteiger partial charge on any atom is 0.311 e. The summed E-state index contributed by atoms with van der Waals surface area (Å²) in [7, 11) is 0. The first-order valence-electron chi connectivity index (χ1n) is 5.48. The highest BCUT2D eigenvalue weighted by atomic mass is 35.5. The van der Waals surface area contributed by atoms with Crippen molar-refractivity contribution in [2.75, 3.05) is 5.43 Å². The summed E-state index contributed by atoms with van der Waals surface area (Å²) >= 11 is 5.72. The molecular formula is C11H8ClN5O4. The van der Waals surface area contributed by atoms with Crippen LogP contribution in [0.5, 0.6) is 5.75 Å². The van der Waals surface area contributed by atoms with Gasteiger partial charge in [0.2, 0.25) is 0 Å². The molecule has 21 heavy (non-hydrogen) atoms. The van der Waals surface area contributed by atoms with E-state index in [9.17, 15) is 20.0 Å². The molecule has 1 heterocycles. The Hall–Kier alpha value is -2.94. The van der Waals surface area contributed by atoms with Crippen molar-refractivity contribution >= 4 is 29.2 Å². The lowest BCUT2D eigenvalue weighted by atomic mass is 10.2. The zero-order valence-corrected chi connectivity index (χ0v) is 11.0. The third-order valence-corrected chi connectivity index (χ3v) is 2.77. The number of nitrogens with zero attached hydrogens (tertiary/aromatic N) is 3. The Morgan fingerprint density at radius 1 is 1.52 bits per heavy atom. The van der Waals surface area contributed by atoms with Gasteiger partial charge < -0.3 is 5.11 Å². The number of aromatic amines is 1. The molecule has 0 amide bonds.